The summed E-state index contributed by atoms with van der Waals surface area (Å²) >= 11 is 0. The average Bonchev–Trinajstić information content (AvgIpc) is 3.06. The molecule has 0 unspecified atom stereocenters. The second-order valence-corrected chi connectivity index (χ2v) is 4.15. The van der Waals surface area contributed by atoms with Crippen LogP contribution >= 0.6 is 0 Å². The third kappa shape index (κ3) is 1.75. The van der Waals surface area contributed by atoms with E-state index in [9.17, 15) is 13.6 Å². The van der Waals surface area contributed by atoms with Crippen molar-refractivity contribution < 1.29 is 23.4 Å². The predicted molar refractivity (Wildman–Crippen MR) is 56.6 cm³/mol. The van der Waals surface area contributed by atoms with Gasteiger partial charge in [0.2, 0.25) is 5.82 Å². The number of aromatic carboxylic acids is 1. The van der Waals surface area contributed by atoms with Crippen LogP contribution in [0, 0.1) is 18.6 Å². The summed E-state index contributed by atoms with van der Waals surface area (Å²) < 4.78 is 32.1. The number of methoxy groups -OCH3 is 1. The highest BCUT2D eigenvalue weighted by Gasteiger charge is 2.35. The average molecular weight is 242 g/mol. The summed E-state index contributed by atoms with van der Waals surface area (Å²) in [5, 5.41) is 8.91. The monoisotopic (exact) mass is 242 g/mol. The minimum absolute atomic E-state index is 0.0816. The van der Waals surface area contributed by atoms with Gasteiger partial charge in [-0.05, 0) is 31.2 Å². The quantitative estimate of drug-likeness (QED) is 0.886. The van der Waals surface area contributed by atoms with Crippen LogP contribution in [0.5, 0.6) is 5.75 Å². The first-order chi connectivity index (χ1) is 7.99. The molecule has 0 aromatic heterocycles. The van der Waals surface area contributed by atoms with Crippen molar-refractivity contribution in [1.29, 1.82) is 0 Å². The van der Waals surface area contributed by atoms with Gasteiger partial charge in [0.05, 0.1) is 7.11 Å². The van der Waals surface area contributed by atoms with E-state index in [0.29, 0.717) is 5.56 Å². The molecule has 2 rings (SSSR count). The molecule has 1 aliphatic rings. The van der Waals surface area contributed by atoms with E-state index in [1.165, 1.54) is 14.0 Å². The molecule has 0 bridgehead atoms. The van der Waals surface area contributed by atoms with Gasteiger partial charge in [0.1, 0.15) is 5.56 Å². The van der Waals surface area contributed by atoms with Crippen LogP contribution in [-0.4, -0.2) is 18.2 Å². The maximum atomic E-state index is 13.7. The molecule has 3 nitrogen and oxygen atoms in total. The summed E-state index contributed by atoms with van der Waals surface area (Å²) in [6.45, 7) is 1.49. The van der Waals surface area contributed by atoms with E-state index in [4.69, 9.17) is 9.84 Å². The first-order valence-corrected chi connectivity index (χ1v) is 5.27. The maximum Gasteiger partial charge on any atom is 0.339 e. The van der Waals surface area contributed by atoms with Crippen molar-refractivity contribution in [2.24, 2.45) is 0 Å². The van der Waals surface area contributed by atoms with Crippen molar-refractivity contribution in [3.8, 4) is 5.75 Å². The number of hydrogen-bond acceptors (Lipinski definition) is 2. The highest BCUT2D eigenvalue weighted by molar-refractivity contribution is 5.90. The molecule has 1 aromatic carbocycles. The zero-order valence-electron chi connectivity index (χ0n) is 9.51. The Morgan fingerprint density at radius 1 is 1.35 bits per heavy atom. The summed E-state index contributed by atoms with van der Waals surface area (Å²) in [5.41, 5.74) is 0.157. The maximum absolute atomic E-state index is 13.7. The van der Waals surface area contributed by atoms with Crippen LogP contribution < -0.4 is 4.74 Å². The molecule has 92 valence electrons. The fourth-order valence-electron chi connectivity index (χ4n) is 2.11. The van der Waals surface area contributed by atoms with Crippen LogP contribution in [0.25, 0.3) is 0 Å². The standard InChI is InChI=1S/C12H12F2O3/c1-5-7(6-3-4-6)11(17-2)10(14)9(13)8(5)12(15)16/h6H,3-4H2,1-2H3,(H,15,16). The summed E-state index contributed by atoms with van der Waals surface area (Å²) in [4.78, 5) is 10.9. The lowest BCUT2D eigenvalue weighted by molar-refractivity contribution is 0.0689. The van der Waals surface area contributed by atoms with E-state index in [1.54, 1.807) is 0 Å². The molecule has 0 heterocycles. The fourth-order valence-corrected chi connectivity index (χ4v) is 2.11. The number of carboxylic acids is 1. The Hall–Kier alpha value is -1.65. The third-order valence-electron chi connectivity index (χ3n) is 3.04. The number of carboxylic acid groups (broad SMARTS) is 1. The van der Waals surface area contributed by atoms with Gasteiger partial charge >= 0.3 is 5.97 Å². The van der Waals surface area contributed by atoms with E-state index in [0.717, 1.165) is 12.8 Å². The number of rotatable bonds is 3. The van der Waals surface area contributed by atoms with Gasteiger partial charge in [0.25, 0.3) is 0 Å². The normalized spacial score (nSPS) is 14.8. The van der Waals surface area contributed by atoms with Crippen LogP contribution in [0.4, 0.5) is 8.78 Å². The molecule has 17 heavy (non-hydrogen) atoms. The number of benzene rings is 1. The van der Waals surface area contributed by atoms with Crippen LogP contribution in [0.15, 0.2) is 0 Å². The molecule has 1 aromatic rings. The lowest BCUT2D eigenvalue weighted by Crippen LogP contribution is -2.11. The van der Waals surface area contributed by atoms with Gasteiger partial charge in [-0.1, -0.05) is 0 Å². The lowest BCUT2D eigenvalue weighted by Gasteiger charge is -2.15. The van der Waals surface area contributed by atoms with Crippen molar-refractivity contribution in [2.75, 3.05) is 7.11 Å². The third-order valence-corrected chi connectivity index (χ3v) is 3.04. The Labute approximate surface area is 97.0 Å². The number of carbonyl (C=O) groups is 1. The highest BCUT2D eigenvalue weighted by atomic mass is 19.2. The second-order valence-electron chi connectivity index (χ2n) is 4.15. The van der Waals surface area contributed by atoms with Gasteiger partial charge in [0, 0.05) is 5.56 Å². The molecule has 0 saturated heterocycles. The van der Waals surface area contributed by atoms with Crippen LogP contribution in [0.3, 0.4) is 0 Å². The predicted octanol–water partition coefficient (Wildman–Crippen LogP) is 2.86. The number of hydrogen-bond donors (Lipinski definition) is 1. The second kappa shape index (κ2) is 3.98. The molecule has 0 aliphatic heterocycles. The van der Waals surface area contributed by atoms with Gasteiger partial charge in [-0.3, -0.25) is 0 Å². The van der Waals surface area contributed by atoms with Crippen molar-refractivity contribution in [3.05, 3.63) is 28.3 Å². The number of ether oxygens (including phenoxy) is 1. The molecule has 1 aliphatic carbocycles. The van der Waals surface area contributed by atoms with Crippen LogP contribution in [0.2, 0.25) is 0 Å². The molecule has 1 saturated carbocycles. The molecular formula is C12H12F2O3. The minimum Gasteiger partial charge on any atom is -0.493 e. The molecule has 0 radical (unpaired) electrons. The van der Waals surface area contributed by atoms with Crippen molar-refractivity contribution in [1.82, 2.24) is 0 Å². The van der Waals surface area contributed by atoms with E-state index >= 15 is 0 Å². The zero-order chi connectivity index (χ0) is 12.7. The van der Waals surface area contributed by atoms with E-state index in [2.05, 4.69) is 0 Å². The van der Waals surface area contributed by atoms with Gasteiger partial charge in [-0.25, -0.2) is 9.18 Å². The van der Waals surface area contributed by atoms with Crippen LogP contribution in [-0.2, 0) is 0 Å². The molecule has 0 atom stereocenters. The highest BCUT2D eigenvalue weighted by Crippen LogP contribution is 2.48. The molecular weight excluding hydrogens is 230 g/mol. The largest absolute Gasteiger partial charge is 0.493 e. The molecule has 1 fully saturated rings. The van der Waals surface area contributed by atoms with Gasteiger partial charge < -0.3 is 9.84 Å². The molecule has 0 spiro atoms. The van der Waals surface area contributed by atoms with Gasteiger partial charge in [0.15, 0.2) is 11.6 Å². The molecule has 1 N–H and O–H groups in total. The van der Waals surface area contributed by atoms with Crippen LogP contribution in [0.1, 0.15) is 40.2 Å². The van der Waals surface area contributed by atoms with E-state index < -0.39 is 23.2 Å². The minimum atomic E-state index is -1.46. The smallest absolute Gasteiger partial charge is 0.339 e. The lowest BCUT2D eigenvalue weighted by atomic mass is 9.96. The first kappa shape index (κ1) is 11.8. The summed E-state index contributed by atoms with van der Waals surface area (Å²) in [5.74, 6) is -4.09. The fraction of sp³-hybridized carbons (Fsp3) is 0.417. The number of halogens is 2. The summed E-state index contributed by atoms with van der Waals surface area (Å²) in [6.07, 6.45) is 1.70. The zero-order valence-corrected chi connectivity index (χ0v) is 9.51. The Morgan fingerprint density at radius 3 is 2.35 bits per heavy atom. The summed E-state index contributed by atoms with van der Waals surface area (Å²) in [7, 11) is 1.25. The van der Waals surface area contributed by atoms with E-state index in [1.807, 2.05) is 0 Å². The first-order valence-electron chi connectivity index (χ1n) is 5.27. The molecule has 0 amide bonds. The summed E-state index contributed by atoms with van der Waals surface area (Å²) in [6, 6.07) is 0. The van der Waals surface area contributed by atoms with Gasteiger partial charge in [-0.2, -0.15) is 4.39 Å². The van der Waals surface area contributed by atoms with E-state index in [-0.39, 0.29) is 17.2 Å². The van der Waals surface area contributed by atoms with Crippen molar-refractivity contribution >= 4 is 5.97 Å². The Kier molecular flexibility index (Phi) is 2.77. The van der Waals surface area contributed by atoms with Crippen molar-refractivity contribution in [3.63, 3.8) is 0 Å². The Morgan fingerprint density at radius 2 is 1.94 bits per heavy atom. The molecule has 5 heteroatoms. The topological polar surface area (TPSA) is 46.5 Å². The van der Waals surface area contributed by atoms with Gasteiger partial charge in [-0.15, -0.1) is 0 Å². The Bertz CT molecular complexity index is 493. The van der Waals surface area contributed by atoms with Crippen molar-refractivity contribution in [2.45, 2.75) is 25.7 Å². The SMILES string of the molecule is COc1c(F)c(F)c(C(=O)O)c(C)c1C1CC1. The Balaban J connectivity index is 2.76.